The highest BCUT2D eigenvalue weighted by molar-refractivity contribution is 6.11. The van der Waals surface area contributed by atoms with E-state index in [-0.39, 0.29) is 11.8 Å². The van der Waals surface area contributed by atoms with Crippen LogP contribution < -0.4 is 10.1 Å². The molecule has 3 aromatic heterocycles. The summed E-state index contributed by atoms with van der Waals surface area (Å²) in [4.78, 5) is 20.2. The van der Waals surface area contributed by atoms with E-state index in [1.807, 2.05) is 36.5 Å². The van der Waals surface area contributed by atoms with Crippen molar-refractivity contribution in [1.29, 1.82) is 0 Å². The topological polar surface area (TPSA) is 95.7 Å². The lowest BCUT2D eigenvalue weighted by Crippen LogP contribution is -2.14. The molecule has 0 bridgehead atoms. The van der Waals surface area contributed by atoms with Crippen molar-refractivity contribution in [2.24, 2.45) is 0 Å². The maximum absolute atomic E-state index is 12.9. The van der Waals surface area contributed by atoms with E-state index >= 15 is 0 Å². The van der Waals surface area contributed by atoms with E-state index in [0.717, 1.165) is 32.9 Å². The Morgan fingerprint density at radius 2 is 2.00 bits per heavy atom. The standard InChI is InChI=1S/C22H17N5O2/c1-29-22-16(5-3-8-24-22)21(28)26-19-10-13(11-20-17(19)12-25-27-20)14-4-2-6-18-15(14)7-9-23-18/h2-12,23H,1H3,(H,25,27)(H,26,28). The molecule has 0 saturated carbocycles. The summed E-state index contributed by atoms with van der Waals surface area (Å²) >= 11 is 0. The van der Waals surface area contributed by atoms with Crippen molar-refractivity contribution in [1.82, 2.24) is 20.2 Å². The number of hydrogen-bond acceptors (Lipinski definition) is 4. The van der Waals surface area contributed by atoms with Gasteiger partial charge in [0, 0.05) is 28.7 Å². The molecule has 5 rings (SSSR count). The highest BCUT2D eigenvalue weighted by Crippen LogP contribution is 2.34. The number of ether oxygens (including phenoxy) is 1. The molecule has 0 saturated heterocycles. The largest absolute Gasteiger partial charge is 0.480 e. The van der Waals surface area contributed by atoms with Crippen molar-refractivity contribution in [2.45, 2.75) is 0 Å². The number of benzene rings is 2. The summed E-state index contributed by atoms with van der Waals surface area (Å²) in [5.74, 6) is -0.0175. The number of amides is 1. The Morgan fingerprint density at radius 3 is 2.90 bits per heavy atom. The predicted molar refractivity (Wildman–Crippen MR) is 112 cm³/mol. The summed E-state index contributed by atoms with van der Waals surface area (Å²) in [7, 11) is 1.49. The quantitative estimate of drug-likeness (QED) is 0.429. The van der Waals surface area contributed by atoms with Crippen molar-refractivity contribution in [3.63, 3.8) is 0 Å². The Kier molecular flexibility index (Phi) is 3.98. The van der Waals surface area contributed by atoms with Gasteiger partial charge in [-0.15, -0.1) is 0 Å². The molecule has 0 fully saturated rings. The molecule has 29 heavy (non-hydrogen) atoms. The van der Waals surface area contributed by atoms with E-state index in [9.17, 15) is 4.79 Å². The summed E-state index contributed by atoms with van der Waals surface area (Å²) in [6, 6.07) is 15.5. The van der Waals surface area contributed by atoms with Gasteiger partial charge in [-0.2, -0.15) is 5.10 Å². The number of aromatic nitrogens is 4. The lowest BCUT2D eigenvalue weighted by molar-refractivity contribution is 0.102. The van der Waals surface area contributed by atoms with Crippen LogP contribution in [0.4, 0.5) is 5.69 Å². The molecule has 2 aromatic carbocycles. The fraction of sp³-hybridized carbons (Fsp3) is 0.0455. The number of anilines is 1. The monoisotopic (exact) mass is 383 g/mol. The fourth-order valence-corrected chi connectivity index (χ4v) is 3.56. The number of H-pyrrole nitrogens is 2. The second-order valence-corrected chi connectivity index (χ2v) is 6.61. The van der Waals surface area contributed by atoms with Crippen molar-refractivity contribution in [3.8, 4) is 17.0 Å². The van der Waals surface area contributed by atoms with Gasteiger partial charge in [-0.3, -0.25) is 9.89 Å². The first-order valence-corrected chi connectivity index (χ1v) is 9.08. The lowest BCUT2D eigenvalue weighted by atomic mass is 9.99. The van der Waals surface area contributed by atoms with Crippen LogP contribution in [-0.4, -0.2) is 33.2 Å². The molecule has 0 aliphatic carbocycles. The minimum Gasteiger partial charge on any atom is -0.480 e. The Balaban J connectivity index is 1.62. The van der Waals surface area contributed by atoms with Crippen molar-refractivity contribution in [3.05, 3.63) is 72.7 Å². The molecule has 0 atom stereocenters. The molecule has 0 aliphatic rings. The average molecular weight is 383 g/mol. The number of nitrogens with one attached hydrogen (secondary N) is 3. The van der Waals surface area contributed by atoms with Crippen LogP contribution in [0.1, 0.15) is 10.4 Å². The Labute approximate surface area is 165 Å². The zero-order valence-corrected chi connectivity index (χ0v) is 15.6. The third-order valence-electron chi connectivity index (χ3n) is 4.92. The molecule has 0 unspecified atom stereocenters. The summed E-state index contributed by atoms with van der Waals surface area (Å²) < 4.78 is 5.22. The van der Waals surface area contributed by atoms with Crippen LogP contribution in [0.5, 0.6) is 5.88 Å². The van der Waals surface area contributed by atoms with Gasteiger partial charge < -0.3 is 15.0 Å². The first-order valence-electron chi connectivity index (χ1n) is 9.08. The lowest BCUT2D eigenvalue weighted by Gasteiger charge is -2.11. The molecule has 142 valence electrons. The van der Waals surface area contributed by atoms with Gasteiger partial charge in [0.2, 0.25) is 5.88 Å². The molecule has 3 heterocycles. The van der Waals surface area contributed by atoms with Gasteiger partial charge >= 0.3 is 0 Å². The molecule has 5 aromatic rings. The third-order valence-corrected chi connectivity index (χ3v) is 4.92. The normalized spacial score (nSPS) is 11.1. The van der Waals surface area contributed by atoms with Crippen LogP contribution >= 0.6 is 0 Å². The van der Waals surface area contributed by atoms with Crippen LogP contribution in [0.25, 0.3) is 32.9 Å². The smallest absolute Gasteiger partial charge is 0.261 e. The van der Waals surface area contributed by atoms with Crippen LogP contribution in [-0.2, 0) is 0 Å². The van der Waals surface area contributed by atoms with Crippen LogP contribution in [0.15, 0.2) is 67.1 Å². The van der Waals surface area contributed by atoms with Gasteiger partial charge in [0.15, 0.2) is 0 Å². The maximum Gasteiger partial charge on any atom is 0.261 e. The Bertz CT molecular complexity index is 1350. The number of fused-ring (bicyclic) bond motifs is 2. The molecule has 7 nitrogen and oxygen atoms in total. The number of hydrogen-bond donors (Lipinski definition) is 3. The zero-order valence-electron chi connectivity index (χ0n) is 15.6. The first kappa shape index (κ1) is 17.0. The van der Waals surface area contributed by atoms with Gasteiger partial charge in [0.25, 0.3) is 5.91 Å². The van der Waals surface area contributed by atoms with Gasteiger partial charge in [-0.1, -0.05) is 12.1 Å². The average Bonchev–Trinajstić information content (AvgIpc) is 3.42. The molecule has 7 heteroatoms. The van der Waals surface area contributed by atoms with Crippen LogP contribution in [0, 0.1) is 0 Å². The first-order chi connectivity index (χ1) is 14.2. The highest BCUT2D eigenvalue weighted by atomic mass is 16.5. The number of rotatable bonds is 4. The van der Waals surface area contributed by atoms with Gasteiger partial charge in [-0.05, 0) is 47.5 Å². The third kappa shape index (κ3) is 2.89. The van der Waals surface area contributed by atoms with E-state index in [2.05, 4.69) is 31.5 Å². The minimum atomic E-state index is -0.297. The highest BCUT2D eigenvalue weighted by Gasteiger charge is 2.16. The SMILES string of the molecule is COc1ncccc1C(=O)Nc1cc(-c2cccc3[nH]ccc23)cc2[nH]ncc12. The maximum atomic E-state index is 12.9. The van der Waals surface area contributed by atoms with Crippen molar-refractivity contribution in [2.75, 3.05) is 12.4 Å². The van der Waals surface area contributed by atoms with E-state index in [1.54, 1.807) is 24.5 Å². The molecular weight excluding hydrogens is 366 g/mol. The van der Waals surface area contributed by atoms with Crippen LogP contribution in [0.2, 0.25) is 0 Å². The molecule has 0 spiro atoms. The molecule has 1 amide bonds. The van der Waals surface area contributed by atoms with E-state index in [0.29, 0.717) is 11.3 Å². The summed E-state index contributed by atoms with van der Waals surface area (Å²) in [6.45, 7) is 0. The molecule has 0 aliphatic heterocycles. The van der Waals surface area contributed by atoms with E-state index in [1.165, 1.54) is 7.11 Å². The number of aromatic amines is 2. The van der Waals surface area contributed by atoms with Crippen molar-refractivity contribution >= 4 is 33.4 Å². The predicted octanol–water partition coefficient (Wildman–Crippen LogP) is 4.37. The molecule has 0 radical (unpaired) electrons. The number of carbonyl (C=O) groups excluding carboxylic acids is 1. The second-order valence-electron chi connectivity index (χ2n) is 6.61. The molecule has 3 N–H and O–H groups in total. The van der Waals surface area contributed by atoms with E-state index < -0.39 is 0 Å². The summed E-state index contributed by atoms with van der Waals surface area (Å²) in [5, 5.41) is 12.1. The minimum absolute atomic E-state index is 0.279. The summed E-state index contributed by atoms with van der Waals surface area (Å²) in [5.41, 5.74) is 4.95. The van der Waals surface area contributed by atoms with Crippen LogP contribution in [0.3, 0.4) is 0 Å². The van der Waals surface area contributed by atoms with Crippen molar-refractivity contribution < 1.29 is 9.53 Å². The second kappa shape index (κ2) is 6.79. The van der Waals surface area contributed by atoms with E-state index in [4.69, 9.17) is 4.74 Å². The zero-order chi connectivity index (χ0) is 19.8. The Morgan fingerprint density at radius 1 is 1.07 bits per heavy atom. The van der Waals surface area contributed by atoms with Gasteiger partial charge in [-0.25, -0.2) is 4.98 Å². The summed E-state index contributed by atoms with van der Waals surface area (Å²) in [6.07, 6.45) is 5.20. The molecular formula is C22H17N5O2. The Hall–Kier alpha value is -4.13. The number of methoxy groups -OCH3 is 1. The van der Waals surface area contributed by atoms with Gasteiger partial charge in [0.1, 0.15) is 5.56 Å². The number of nitrogens with zero attached hydrogens (tertiary/aromatic N) is 2. The van der Waals surface area contributed by atoms with Gasteiger partial charge in [0.05, 0.1) is 24.5 Å². The number of carbonyl (C=O) groups is 1. The number of pyridine rings is 1. The fourth-order valence-electron chi connectivity index (χ4n) is 3.56.